The van der Waals surface area contributed by atoms with E-state index in [1.807, 2.05) is 29.2 Å². The molecule has 1 saturated carbocycles. The predicted octanol–water partition coefficient (Wildman–Crippen LogP) is 1.77. The molecule has 0 unspecified atom stereocenters. The van der Waals surface area contributed by atoms with Gasteiger partial charge in [0.25, 0.3) is 0 Å². The fourth-order valence-corrected chi connectivity index (χ4v) is 4.88. The maximum absolute atomic E-state index is 13.5. The Morgan fingerprint density at radius 2 is 1.81 bits per heavy atom. The summed E-state index contributed by atoms with van der Waals surface area (Å²) in [6.07, 6.45) is 4.46. The van der Waals surface area contributed by atoms with Crippen molar-refractivity contribution in [2.75, 3.05) is 20.2 Å². The molecule has 2 saturated heterocycles. The molecule has 138 valence electrons. The fourth-order valence-electron chi connectivity index (χ4n) is 4.88. The van der Waals surface area contributed by atoms with Gasteiger partial charge in [-0.05, 0) is 37.0 Å². The number of hydrogen-bond acceptors (Lipinski definition) is 4. The zero-order valence-electron chi connectivity index (χ0n) is 15.0. The Kier molecular flexibility index (Phi) is 4.01. The van der Waals surface area contributed by atoms with Gasteiger partial charge in [0, 0.05) is 19.5 Å². The maximum atomic E-state index is 13.5. The Balaban J connectivity index is 1.60. The van der Waals surface area contributed by atoms with Crippen molar-refractivity contribution < 1.29 is 19.1 Å². The van der Waals surface area contributed by atoms with Crippen LogP contribution in [0.2, 0.25) is 0 Å². The maximum Gasteiger partial charge on any atom is 0.235 e. The largest absolute Gasteiger partial charge is 0.497 e. The summed E-state index contributed by atoms with van der Waals surface area (Å²) in [5, 5.41) is 2.40. The van der Waals surface area contributed by atoms with Gasteiger partial charge in [-0.2, -0.15) is 0 Å². The fraction of sp³-hybridized carbons (Fsp3) is 0.550. The van der Waals surface area contributed by atoms with E-state index >= 15 is 0 Å². The van der Waals surface area contributed by atoms with Crippen LogP contribution in [-0.2, 0) is 19.8 Å². The topological polar surface area (TPSA) is 75.7 Å². The molecule has 1 aliphatic carbocycles. The molecule has 1 aromatic carbocycles. The number of hydrogen-bond donors (Lipinski definition) is 1. The van der Waals surface area contributed by atoms with Crippen molar-refractivity contribution in [3.63, 3.8) is 0 Å². The molecule has 3 amide bonds. The highest BCUT2D eigenvalue weighted by molar-refractivity contribution is 6.06. The van der Waals surface area contributed by atoms with Crippen LogP contribution >= 0.6 is 0 Å². The second-order valence-electron chi connectivity index (χ2n) is 7.83. The van der Waals surface area contributed by atoms with Crippen LogP contribution in [0.25, 0.3) is 0 Å². The lowest BCUT2D eigenvalue weighted by Gasteiger charge is -2.33. The van der Waals surface area contributed by atoms with Crippen LogP contribution < -0.4 is 10.1 Å². The van der Waals surface area contributed by atoms with Gasteiger partial charge >= 0.3 is 0 Å². The molecule has 4 rings (SSSR count). The van der Waals surface area contributed by atoms with Crippen LogP contribution in [0.5, 0.6) is 5.75 Å². The second kappa shape index (κ2) is 6.11. The van der Waals surface area contributed by atoms with Crippen LogP contribution in [0.15, 0.2) is 24.3 Å². The molecule has 1 N–H and O–H groups in total. The number of likely N-dealkylation sites (tertiary alicyclic amines) is 1. The molecule has 6 heteroatoms. The van der Waals surface area contributed by atoms with Crippen molar-refractivity contribution in [2.45, 2.75) is 43.9 Å². The van der Waals surface area contributed by atoms with Crippen LogP contribution in [0.1, 0.15) is 44.1 Å². The molecule has 0 aromatic heterocycles. The highest BCUT2D eigenvalue weighted by atomic mass is 16.5. The zero-order valence-corrected chi connectivity index (χ0v) is 15.0. The minimum atomic E-state index is -0.716. The van der Waals surface area contributed by atoms with Crippen molar-refractivity contribution in [3.05, 3.63) is 29.8 Å². The summed E-state index contributed by atoms with van der Waals surface area (Å²) in [6, 6.07) is 7.77. The van der Waals surface area contributed by atoms with Gasteiger partial charge in [-0.1, -0.05) is 25.0 Å². The van der Waals surface area contributed by atoms with E-state index in [-0.39, 0.29) is 24.1 Å². The molecule has 3 aliphatic rings. The minimum Gasteiger partial charge on any atom is -0.497 e. The third-order valence-electron chi connectivity index (χ3n) is 6.38. The Labute approximate surface area is 152 Å². The average molecular weight is 356 g/mol. The van der Waals surface area contributed by atoms with E-state index in [2.05, 4.69) is 5.32 Å². The van der Waals surface area contributed by atoms with Gasteiger partial charge in [0.2, 0.25) is 17.7 Å². The van der Waals surface area contributed by atoms with Crippen LogP contribution in [0.3, 0.4) is 0 Å². The highest BCUT2D eigenvalue weighted by Gasteiger charge is 2.54. The number of ether oxygens (including phenoxy) is 1. The van der Waals surface area contributed by atoms with Crippen LogP contribution in [0.4, 0.5) is 0 Å². The molecular formula is C20H24N2O4. The highest BCUT2D eigenvalue weighted by Crippen LogP contribution is 2.46. The summed E-state index contributed by atoms with van der Waals surface area (Å²) in [4.78, 5) is 39.2. The Bertz CT molecular complexity index is 752. The van der Waals surface area contributed by atoms with E-state index in [9.17, 15) is 14.4 Å². The molecular weight excluding hydrogens is 332 g/mol. The smallest absolute Gasteiger partial charge is 0.235 e. The monoisotopic (exact) mass is 356 g/mol. The van der Waals surface area contributed by atoms with Crippen molar-refractivity contribution in [2.24, 2.45) is 5.41 Å². The summed E-state index contributed by atoms with van der Waals surface area (Å²) < 4.78 is 5.24. The van der Waals surface area contributed by atoms with E-state index in [1.54, 1.807) is 7.11 Å². The number of nitrogens with one attached hydrogen (secondary N) is 1. The Morgan fingerprint density at radius 3 is 2.38 bits per heavy atom. The standard InChI is InChI=1S/C20H24N2O4/c1-26-15-6-4-14(5-7-15)20(8-2-3-9-20)18(25)22-11-10-19(13-22)12-16(23)21-17(19)24/h4-7H,2-3,8-13H2,1H3,(H,21,23,24)/t19-/m0/s1. The van der Waals surface area contributed by atoms with Crippen molar-refractivity contribution >= 4 is 17.7 Å². The normalized spacial score (nSPS) is 27.2. The number of methoxy groups -OCH3 is 1. The number of carbonyl (C=O) groups is 3. The summed E-state index contributed by atoms with van der Waals surface area (Å²) in [6.45, 7) is 0.888. The van der Waals surface area contributed by atoms with Gasteiger partial charge in [0.05, 0.1) is 17.9 Å². The van der Waals surface area contributed by atoms with Gasteiger partial charge in [0.1, 0.15) is 5.75 Å². The number of nitrogens with zero attached hydrogens (tertiary/aromatic N) is 1. The van der Waals surface area contributed by atoms with Gasteiger partial charge < -0.3 is 9.64 Å². The molecule has 0 radical (unpaired) electrons. The van der Waals surface area contributed by atoms with Gasteiger partial charge in [-0.15, -0.1) is 0 Å². The SMILES string of the molecule is COc1ccc(C2(C(=O)N3CC[C@]4(CC(=O)NC4=O)C3)CCCC2)cc1. The third kappa shape index (κ3) is 2.50. The summed E-state index contributed by atoms with van der Waals surface area (Å²) in [7, 11) is 1.63. The molecule has 26 heavy (non-hydrogen) atoms. The van der Waals surface area contributed by atoms with Crippen LogP contribution in [0, 0.1) is 5.41 Å². The molecule has 6 nitrogen and oxygen atoms in total. The minimum absolute atomic E-state index is 0.101. The lowest BCUT2D eigenvalue weighted by Crippen LogP contribution is -2.46. The number of imide groups is 1. The van der Waals surface area contributed by atoms with E-state index < -0.39 is 10.8 Å². The first kappa shape index (κ1) is 17.1. The summed E-state index contributed by atoms with van der Waals surface area (Å²) in [5.41, 5.74) is -0.211. The van der Waals surface area contributed by atoms with E-state index in [4.69, 9.17) is 4.74 Å². The molecule has 1 atom stereocenters. The average Bonchev–Trinajstić information content (AvgIpc) is 3.35. The van der Waals surface area contributed by atoms with Gasteiger partial charge in [-0.3, -0.25) is 19.7 Å². The summed E-state index contributed by atoms with van der Waals surface area (Å²) in [5.74, 6) is 0.428. The van der Waals surface area contributed by atoms with Crippen molar-refractivity contribution in [3.8, 4) is 5.75 Å². The second-order valence-corrected chi connectivity index (χ2v) is 7.83. The van der Waals surface area contributed by atoms with Gasteiger partial charge in [0.15, 0.2) is 0 Å². The van der Waals surface area contributed by atoms with Crippen LogP contribution in [-0.4, -0.2) is 42.8 Å². The van der Waals surface area contributed by atoms with E-state index in [0.717, 1.165) is 37.0 Å². The number of benzene rings is 1. The van der Waals surface area contributed by atoms with Crippen molar-refractivity contribution in [1.29, 1.82) is 0 Å². The summed E-state index contributed by atoms with van der Waals surface area (Å²) >= 11 is 0. The van der Waals surface area contributed by atoms with E-state index in [1.165, 1.54) is 0 Å². The number of rotatable bonds is 3. The number of amides is 3. The molecule has 1 aromatic rings. The predicted molar refractivity (Wildman–Crippen MR) is 94.5 cm³/mol. The molecule has 0 bridgehead atoms. The number of carbonyl (C=O) groups excluding carboxylic acids is 3. The Morgan fingerprint density at radius 1 is 1.12 bits per heavy atom. The van der Waals surface area contributed by atoms with Gasteiger partial charge in [-0.25, -0.2) is 0 Å². The first-order valence-corrected chi connectivity index (χ1v) is 9.27. The Hall–Kier alpha value is -2.37. The molecule has 3 fully saturated rings. The lowest BCUT2D eigenvalue weighted by molar-refractivity contribution is -0.137. The molecule has 1 spiro atoms. The third-order valence-corrected chi connectivity index (χ3v) is 6.38. The quantitative estimate of drug-likeness (QED) is 0.838. The molecule has 2 aliphatic heterocycles. The first-order valence-electron chi connectivity index (χ1n) is 9.27. The molecule has 2 heterocycles. The first-order chi connectivity index (χ1) is 12.5. The zero-order chi connectivity index (χ0) is 18.4. The van der Waals surface area contributed by atoms with Crippen molar-refractivity contribution in [1.82, 2.24) is 10.2 Å². The van der Waals surface area contributed by atoms with E-state index in [0.29, 0.717) is 19.5 Å². The lowest BCUT2D eigenvalue weighted by atomic mass is 9.77.